The lowest BCUT2D eigenvalue weighted by molar-refractivity contribution is -0.122. The molecule has 0 bridgehead atoms. The van der Waals surface area contributed by atoms with Crippen molar-refractivity contribution in [1.29, 1.82) is 0 Å². The lowest BCUT2D eigenvalue weighted by atomic mass is 9.97. The molecule has 0 aliphatic carbocycles. The van der Waals surface area contributed by atoms with Gasteiger partial charge in [0.25, 0.3) is 5.91 Å². The first-order valence-electron chi connectivity index (χ1n) is 7.88. The highest BCUT2D eigenvalue weighted by molar-refractivity contribution is 7.80. The largest absolute Gasteiger partial charge is 0.369 e. The van der Waals surface area contributed by atoms with Gasteiger partial charge in [0.1, 0.15) is 0 Å². The topological polar surface area (TPSA) is 75.4 Å². The molecular formula is C17H23N3O2S. The second-order valence-corrected chi connectivity index (χ2v) is 6.59. The quantitative estimate of drug-likeness (QED) is 0.830. The lowest BCUT2D eigenvalue weighted by Crippen LogP contribution is -2.47. The molecule has 3 N–H and O–H groups in total. The Labute approximate surface area is 142 Å². The zero-order chi connectivity index (χ0) is 17.0. The Bertz CT molecular complexity index is 590. The second kappa shape index (κ2) is 7.55. The van der Waals surface area contributed by atoms with Gasteiger partial charge in [-0.3, -0.25) is 14.9 Å². The number of benzene rings is 1. The fourth-order valence-electron chi connectivity index (χ4n) is 2.63. The Morgan fingerprint density at radius 2 is 1.78 bits per heavy atom. The van der Waals surface area contributed by atoms with E-state index in [0.29, 0.717) is 42.5 Å². The molecule has 0 aromatic heterocycles. The third kappa shape index (κ3) is 4.51. The predicted molar refractivity (Wildman–Crippen MR) is 94.1 cm³/mol. The van der Waals surface area contributed by atoms with Crippen LogP contribution in [0.25, 0.3) is 0 Å². The Kier molecular flexibility index (Phi) is 5.71. The highest BCUT2D eigenvalue weighted by atomic mass is 32.1. The van der Waals surface area contributed by atoms with E-state index in [1.54, 1.807) is 0 Å². The average Bonchev–Trinajstić information content (AvgIpc) is 2.54. The van der Waals surface area contributed by atoms with E-state index in [2.05, 4.69) is 19.2 Å². The Balaban J connectivity index is 1.90. The van der Waals surface area contributed by atoms with Gasteiger partial charge in [-0.15, -0.1) is 0 Å². The molecule has 1 heterocycles. The van der Waals surface area contributed by atoms with Crippen molar-refractivity contribution >= 4 is 29.1 Å². The van der Waals surface area contributed by atoms with Crippen molar-refractivity contribution in [2.75, 3.05) is 13.1 Å². The van der Waals surface area contributed by atoms with Crippen LogP contribution in [0.3, 0.4) is 0 Å². The summed E-state index contributed by atoms with van der Waals surface area (Å²) in [5.74, 6) is -0.125. The van der Waals surface area contributed by atoms with Gasteiger partial charge in [-0.2, -0.15) is 0 Å². The molecule has 1 aliphatic rings. The van der Waals surface area contributed by atoms with Crippen LogP contribution in [-0.4, -0.2) is 34.9 Å². The summed E-state index contributed by atoms with van der Waals surface area (Å²) < 4.78 is 0. The number of nitrogens with zero attached hydrogens (tertiary/aromatic N) is 1. The summed E-state index contributed by atoms with van der Waals surface area (Å²) >= 11 is 5.30. The van der Waals surface area contributed by atoms with Gasteiger partial charge in [0.15, 0.2) is 5.11 Å². The Morgan fingerprint density at radius 1 is 1.22 bits per heavy atom. The first-order chi connectivity index (χ1) is 10.9. The molecule has 1 saturated heterocycles. The number of thiocarbonyl (C=S) groups is 1. The summed E-state index contributed by atoms with van der Waals surface area (Å²) in [6, 6.07) is 7.54. The number of carbonyl (C=O) groups excluding carboxylic acids is 2. The Hall–Kier alpha value is -1.95. The van der Waals surface area contributed by atoms with Crippen LogP contribution in [-0.2, 0) is 4.79 Å². The molecule has 0 spiro atoms. The van der Waals surface area contributed by atoms with Crippen LogP contribution in [0.4, 0.5) is 0 Å². The molecule has 5 nitrogen and oxygen atoms in total. The Morgan fingerprint density at radius 3 is 2.26 bits per heavy atom. The van der Waals surface area contributed by atoms with Gasteiger partial charge in [0.05, 0.1) is 0 Å². The molecule has 0 unspecified atom stereocenters. The van der Waals surface area contributed by atoms with E-state index in [4.69, 9.17) is 18.0 Å². The number of carbonyl (C=O) groups is 2. The first kappa shape index (κ1) is 17.4. The van der Waals surface area contributed by atoms with E-state index in [0.717, 1.165) is 0 Å². The number of rotatable bonds is 3. The minimum atomic E-state index is -0.259. The summed E-state index contributed by atoms with van der Waals surface area (Å²) in [4.78, 5) is 25.3. The number of amides is 2. The van der Waals surface area contributed by atoms with Crippen LogP contribution < -0.4 is 11.1 Å². The van der Waals surface area contributed by atoms with Crippen LogP contribution in [0.2, 0.25) is 0 Å². The SMILES string of the molecule is CC(C)c1ccc(C(=O)NC(=S)N2CCC(C(N)=O)CC2)cc1. The van der Waals surface area contributed by atoms with Gasteiger partial charge < -0.3 is 10.6 Å². The van der Waals surface area contributed by atoms with E-state index in [-0.39, 0.29) is 17.7 Å². The smallest absolute Gasteiger partial charge is 0.257 e. The maximum atomic E-state index is 12.3. The number of piperidine rings is 1. The molecule has 23 heavy (non-hydrogen) atoms. The molecule has 1 aliphatic heterocycles. The van der Waals surface area contributed by atoms with Gasteiger partial charge in [-0.1, -0.05) is 26.0 Å². The monoisotopic (exact) mass is 333 g/mol. The van der Waals surface area contributed by atoms with Crippen molar-refractivity contribution in [3.63, 3.8) is 0 Å². The van der Waals surface area contributed by atoms with Gasteiger partial charge in [0.2, 0.25) is 5.91 Å². The van der Waals surface area contributed by atoms with E-state index < -0.39 is 0 Å². The molecule has 2 rings (SSSR count). The van der Waals surface area contributed by atoms with Crippen molar-refractivity contribution in [1.82, 2.24) is 10.2 Å². The van der Waals surface area contributed by atoms with Gasteiger partial charge >= 0.3 is 0 Å². The van der Waals surface area contributed by atoms with Gasteiger partial charge in [-0.25, -0.2) is 0 Å². The molecule has 6 heteroatoms. The summed E-state index contributed by atoms with van der Waals surface area (Å²) in [6.07, 6.45) is 1.35. The summed E-state index contributed by atoms with van der Waals surface area (Å²) in [7, 11) is 0. The van der Waals surface area contributed by atoms with Crippen molar-refractivity contribution in [2.45, 2.75) is 32.6 Å². The summed E-state index contributed by atoms with van der Waals surface area (Å²) in [5, 5.41) is 3.17. The maximum absolute atomic E-state index is 12.3. The molecule has 124 valence electrons. The number of nitrogens with one attached hydrogen (secondary N) is 1. The van der Waals surface area contributed by atoms with Crippen molar-refractivity contribution in [3.8, 4) is 0 Å². The van der Waals surface area contributed by atoms with Crippen molar-refractivity contribution < 1.29 is 9.59 Å². The molecule has 1 fully saturated rings. The van der Waals surface area contributed by atoms with Gasteiger partial charge in [0, 0.05) is 24.6 Å². The summed E-state index contributed by atoms with van der Waals surface area (Å²) in [5.41, 5.74) is 7.10. The highest BCUT2D eigenvalue weighted by Crippen LogP contribution is 2.17. The predicted octanol–water partition coefficient (Wildman–Crippen LogP) is 2.02. The first-order valence-corrected chi connectivity index (χ1v) is 8.29. The van der Waals surface area contributed by atoms with Crippen molar-refractivity contribution in [3.05, 3.63) is 35.4 Å². The van der Waals surface area contributed by atoms with Crippen LogP contribution >= 0.6 is 12.2 Å². The molecule has 1 aromatic rings. The van der Waals surface area contributed by atoms with Crippen LogP contribution in [0.5, 0.6) is 0 Å². The van der Waals surface area contributed by atoms with Crippen molar-refractivity contribution in [2.24, 2.45) is 11.7 Å². The molecular weight excluding hydrogens is 310 g/mol. The zero-order valence-corrected chi connectivity index (χ0v) is 14.4. The number of hydrogen-bond acceptors (Lipinski definition) is 3. The van der Waals surface area contributed by atoms with Crippen LogP contribution in [0.1, 0.15) is 48.5 Å². The number of nitrogens with two attached hydrogens (primary N) is 1. The summed E-state index contributed by atoms with van der Waals surface area (Å²) in [6.45, 7) is 5.50. The maximum Gasteiger partial charge on any atom is 0.257 e. The number of primary amides is 1. The highest BCUT2D eigenvalue weighted by Gasteiger charge is 2.25. The molecule has 0 atom stereocenters. The normalized spacial score (nSPS) is 15.5. The van der Waals surface area contributed by atoms with Crippen LogP contribution in [0, 0.1) is 5.92 Å². The average molecular weight is 333 g/mol. The van der Waals surface area contributed by atoms with E-state index >= 15 is 0 Å². The zero-order valence-electron chi connectivity index (χ0n) is 13.5. The fourth-order valence-corrected chi connectivity index (χ4v) is 2.91. The third-order valence-electron chi connectivity index (χ3n) is 4.24. The third-order valence-corrected chi connectivity index (χ3v) is 4.60. The molecule has 0 radical (unpaired) electrons. The van der Waals surface area contributed by atoms with E-state index in [1.165, 1.54) is 5.56 Å². The minimum absolute atomic E-state index is 0.0895. The standard InChI is InChI=1S/C17H23N3O2S/c1-11(2)12-3-5-14(6-4-12)16(22)19-17(23)20-9-7-13(8-10-20)15(18)21/h3-6,11,13H,7-10H2,1-2H3,(H2,18,21)(H,19,22,23). The number of likely N-dealkylation sites (tertiary alicyclic amines) is 1. The molecule has 2 amide bonds. The lowest BCUT2D eigenvalue weighted by Gasteiger charge is -2.32. The minimum Gasteiger partial charge on any atom is -0.369 e. The molecule has 0 saturated carbocycles. The molecule has 1 aromatic carbocycles. The van der Waals surface area contributed by atoms with E-state index in [9.17, 15) is 9.59 Å². The van der Waals surface area contributed by atoms with Gasteiger partial charge in [-0.05, 0) is 48.7 Å². The number of hydrogen-bond donors (Lipinski definition) is 2. The van der Waals surface area contributed by atoms with Crippen LogP contribution in [0.15, 0.2) is 24.3 Å². The second-order valence-electron chi connectivity index (χ2n) is 6.20. The fraction of sp³-hybridized carbons (Fsp3) is 0.471. The van der Waals surface area contributed by atoms with E-state index in [1.807, 2.05) is 29.2 Å².